The van der Waals surface area contributed by atoms with Crippen molar-refractivity contribution in [1.82, 2.24) is 20.6 Å². The molecule has 11 heteroatoms. The number of piperidine rings is 1. The van der Waals surface area contributed by atoms with E-state index >= 15 is 0 Å². The second kappa shape index (κ2) is 9.11. The molecule has 2 N–H and O–H groups in total. The smallest absolute Gasteiger partial charge is 0.378 e. The van der Waals surface area contributed by atoms with Gasteiger partial charge in [0, 0.05) is 43.6 Å². The number of pyridine rings is 2. The van der Waals surface area contributed by atoms with Crippen LogP contribution in [0.2, 0.25) is 0 Å². The monoisotopic (exact) mass is 449 g/mol. The number of ether oxygens (including phenoxy) is 1. The van der Waals surface area contributed by atoms with Gasteiger partial charge in [-0.2, -0.15) is 13.2 Å². The summed E-state index contributed by atoms with van der Waals surface area (Å²) in [6, 6.07) is 5.12. The number of carbonyl (C=O) groups excluding carboxylic acids is 2. The van der Waals surface area contributed by atoms with E-state index in [0.717, 1.165) is 17.6 Å². The fraction of sp³-hybridized carbons (Fsp3) is 0.429. The van der Waals surface area contributed by atoms with Gasteiger partial charge in [-0.3, -0.25) is 14.6 Å². The highest BCUT2D eigenvalue weighted by Gasteiger charge is 2.34. The molecule has 4 rings (SSSR count). The average Bonchev–Trinajstić information content (AvgIpc) is 2.80. The van der Waals surface area contributed by atoms with E-state index in [1.54, 1.807) is 12.3 Å². The minimum Gasteiger partial charge on any atom is -0.378 e. The molecule has 2 aliphatic rings. The average molecular weight is 449 g/mol. The van der Waals surface area contributed by atoms with Crippen LogP contribution in [0, 0.1) is 0 Å². The van der Waals surface area contributed by atoms with E-state index in [1.165, 1.54) is 6.07 Å². The molecule has 2 fully saturated rings. The number of nitrogens with zero attached hydrogens (tertiary/aromatic N) is 3. The third-order valence-electron chi connectivity index (χ3n) is 5.51. The zero-order chi connectivity index (χ0) is 22.7. The highest BCUT2D eigenvalue weighted by atomic mass is 19.4. The lowest BCUT2D eigenvalue weighted by molar-refractivity contribution is -0.141. The predicted molar refractivity (Wildman–Crippen MR) is 108 cm³/mol. The van der Waals surface area contributed by atoms with Crippen LogP contribution in [0.4, 0.5) is 19.0 Å². The van der Waals surface area contributed by atoms with Crippen LogP contribution in [0.3, 0.4) is 0 Å². The number of hydrogen-bond donors (Lipinski definition) is 2. The maximum Gasteiger partial charge on any atom is 0.433 e. The minimum absolute atomic E-state index is 0.140. The van der Waals surface area contributed by atoms with Crippen LogP contribution >= 0.6 is 0 Å². The van der Waals surface area contributed by atoms with Crippen molar-refractivity contribution in [1.29, 1.82) is 0 Å². The summed E-state index contributed by atoms with van der Waals surface area (Å²) in [6.07, 6.45) is -1.72. The molecule has 0 bridgehead atoms. The lowest BCUT2D eigenvalue weighted by Gasteiger charge is -2.31. The predicted octanol–water partition coefficient (Wildman–Crippen LogP) is 1.73. The van der Waals surface area contributed by atoms with Crippen molar-refractivity contribution in [2.24, 2.45) is 0 Å². The first-order valence-electron chi connectivity index (χ1n) is 10.2. The van der Waals surface area contributed by atoms with Crippen LogP contribution in [0.15, 0.2) is 36.7 Å². The molecule has 2 saturated heterocycles. The highest BCUT2D eigenvalue weighted by molar-refractivity contribution is 5.94. The maximum atomic E-state index is 12.9. The Morgan fingerprint density at radius 1 is 1.16 bits per heavy atom. The summed E-state index contributed by atoms with van der Waals surface area (Å²) in [7, 11) is 0. The molecule has 32 heavy (non-hydrogen) atoms. The zero-order valence-corrected chi connectivity index (χ0v) is 17.1. The van der Waals surface area contributed by atoms with Gasteiger partial charge in [0.2, 0.25) is 5.91 Å². The van der Waals surface area contributed by atoms with E-state index in [2.05, 4.69) is 25.5 Å². The van der Waals surface area contributed by atoms with Crippen molar-refractivity contribution in [2.45, 2.75) is 24.6 Å². The number of aromatic nitrogens is 2. The number of carbonyl (C=O) groups is 2. The summed E-state index contributed by atoms with van der Waals surface area (Å²) in [6.45, 7) is 2.82. The number of halogens is 3. The van der Waals surface area contributed by atoms with Crippen LogP contribution in [-0.4, -0.2) is 60.7 Å². The van der Waals surface area contributed by atoms with E-state index in [9.17, 15) is 22.8 Å². The lowest BCUT2D eigenvalue weighted by atomic mass is 9.88. The third kappa shape index (κ3) is 4.98. The van der Waals surface area contributed by atoms with Crippen molar-refractivity contribution in [3.63, 3.8) is 0 Å². The number of amides is 2. The lowest BCUT2D eigenvalue weighted by Crippen LogP contribution is -2.50. The van der Waals surface area contributed by atoms with Gasteiger partial charge in [-0.05, 0) is 36.2 Å². The Morgan fingerprint density at radius 2 is 1.91 bits per heavy atom. The summed E-state index contributed by atoms with van der Waals surface area (Å²) in [4.78, 5) is 34.8. The molecular formula is C21H22F3N5O3. The first-order chi connectivity index (χ1) is 15.3. The number of rotatable bonds is 4. The van der Waals surface area contributed by atoms with Crippen molar-refractivity contribution in [3.05, 3.63) is 53.5 Å². The number of nitrogens with one attached hydrogen (secondary N) is 2. The summed E-state index contributed by atoms with van der Waals surface area (Å²) >= 11 is 0. The molecule has 0 spiro atoms. The molecule has 0 radical (unpaired) electrons. The second-order valence-corrected chi connectivity index (χ2v) is 7.68. The molecule has 170 valence electrons. The van der Waals surface area contributed by atoms with E-state index in [0.29, 0.717) is 38.8 Å². The number of alkyl halides is 3. The second-order valence-electron chi connectivity index (χ2n) is 7.68. The van der Waals surface area contributed by atoms with Crippen molar-refractivity contribution < 1.29 is 27.5 Å². The minimum atomic E-state index is -4.64. The standard InChI is InChI=1S/C21H22F3N5O3/c22-21(23,24)17-9-14(2-3-25-17)19(30)28-15-11-16(20(31)27-12-15)13-1-4-26-18(10-13)29-5-7-32-8-6-29/h1-4,9-10,15-16H,5-8,11-12H2,(H,27,31)(H,28,30). The Labute approximate surface area is 182 Å². The van der Waals surface area contributed by atoms with Crippen molar-refractivity contribution >= 4 is 17.6 Å². The molecule has 8 nitrogen and oxygen atoms in total. The van der Waals surface area contributed by atoms with Crippen LogP contribution in [-0.2, 0) is 15.7 Å². The Kier molecular flexibility index (Phi) is 6.26. The Morgan fingerprint density at radius 3 is 2.66 bits per heavy atom. The largest absolute Gasteiger partial charge is 0.433 e. The van der Waals surface area contributed by atoms with Crippen LogP contribution in [0.25, 0.3) is 0 Å². The first-order valence-corrected chi connectivity index (χ1v) is 10.2. The van der Waals surface area contributed by atoms with Gasteiger partial charge in [0.15, 0.2) is 0 Å². The third-order valence-corrected chi connectivity index (χ3v) is 5.51. The molecule has 2 aliphatic heterocycles. The van der Waals surface area contributed by atoms with E-state index in [-0.39, 0.29) is 18.0 Å². The molecule has 0 aliphatic carbocycles. The first kappa shape index (κ1) is 22.0. The SMILES string of the molecule is O=C(NC1CNC(=O)C(c2ccnc(N3CCOCC3)c2)C1)c1ccnc(C(F)(F)F)c1. The molecule has 2 amide bonds. The van der Waals surface area contributed by atoms with Gasteiger partial charge >= 0.3 is 6.18 Å². The van der Waals surface area contributed by atoms with Gasteiger partial charge in [0.25, 0.3) is 5.91 Å². The summed E-state index contributed by atoms with van der Waals surface area (Å²) < 4.78 is 44.0. The normalized spacial score (nSPS) is 21.7. The molecule has 0 aromatic carbocycles. The Bertz CT molecular complexity index is 995. The zero-order valence-electron chi connectivity index (χ0n) is 17.1. The summed E-state index contributed by atoms with van der Waals surface area (Å²) in [5, 5.41) is 5.49. The number of morpholine rings is 1. The van der Waals surface area contributed by atoms with Gasteiger partial charge in [-0.25, -0.2) is 4.98 Å². The topological polar surface area (TPSA) is 96.5 Å². The molecule has 2 aromatic rings. The number of hydrogen-bond acceptors (Lipinski definition) is 6. The molecular weight excluding hydrogens is 427 g/mol. The van der Waals surface area contributed by atoms with E-state index < -0.39 is 29.7 Å². The Hall–Kier alpha value is -3.21. The number of anilines is 1. The fourth-order valence-electron chi connectivity index (χ4n) is 3.83. The van der Waals surface area contributed by atoms with Gasteiger partial charge in [-0.15, -0.1) is 0 Å². The van der Waals surface area contributed by atoms with Crippen LogP contribution < -0.4 is 15.5 Å². The molecule has 4 heterocycles. The van der Waals surface area contributed by atoms with E-state index in [1.807, 2.05) is 6.07 Å². The maximum absolute atomic E-state index is 12.9. The summed E-state index contributed by atoms with van der Waals surface area (Å²) in [5.74, 6) is -0.583. The highest BCUT2D eigenvalue weighted by Crippen LogP contribution is 2.29. The summed E-state index contributed by atoms with van der Waals surface area (Å²) in [5.41, 5.74) is -0.507. The van der Waals surface area contributed by atoms with Crippen LogP contribution in [0.5, 0.6) is 0 Å². The molecule has 0 saturated carbocycles. The van der Waals surface area contributed by atoms with E-state index in [4.69, 9.17) is 4.74 Å². The van der Waals surface area contributed by atoms with Crippen molar-refractivity contribution in [3.8, 4) is 0 Å². The molecule has 2 atom stereocenters. The fourth-order valence-corrected chi connectivity index (χ4v) is 3.83. The van der Waals surface area contributed by atoms with Gasteiger partial charge in [0.1, 0.15) is 11.5 Å². The van der Waals surface area contributed by atoms with Crippen LogP contribution in [0.1, 0.15) is 34.0 Å². The van der Waals surface area contributed by atoms with Crippen molar-refractivity contribution in [2.75, 3.05) is 37.7 Å². The van der Waals surface area contributed by atoms with Gasteiger partial charge in [0.05, 0.1) is 19.1 Å². The molecule has 2 aromatic heterocycles. The quantitative estimate of drug-likeness (QED) is 0.738. The van der Waals surface area contributed by atoms with Gasteiger partial charge in [-0.1, -0.05) is 0 Å². The molecule has 2 unspecified atom stereocenters. The Balaban J connectivity index is 1.46. The van der Waals surface area contributed by atoms with Gasteiger partial charge < -0.3 is 20.3 Å².